The molecule has 10 nitrogen and oxygen atoms in total. The van der Waals surface area contributed by atoms with Gasteiger partial charge in [-0.3, -0.25) is 14.9 Å². The van der Waals surface area contributed by atoms with Gasteiger partial charge in [-0.25, -0.2) is 8.42 Å². The molecule has 11 heteroatoms. The number of aliphatic hydroxyl groups is 1. The smallest absolute Gasteiger partial charge is 0.269 e. The molecule has 1 aromatic heterocycles. The van der Waals surface area contributed by atoms with E-state index in [1.165, 1.54) is 7.11 Å². The Labute approximate surface area is 177 Å². The van der Waals surface area contributed by atoms with Gasteiger partial charge in [0.1, 0.15) is 5.75 Å². The van der Waals surface area contributed by atoms with Crippen LogP contribution in [0.2, 0.25) is 0 Å². The van der Waals surface area contributed by atoms with Gasteiger partial charge in [0.15, 0.2) is 0 Å². The third kappa shape index (κ3) is 4.90. The molecule has 2 aromatic carbocycles. The number of aliphatic hydroxyl groups excluding tert-OH is 1. The highest BCUT2D eigenvalue weighted by atomic mass is 32.2. The summed E-state index contributed by atoms with van der Waals surface area (Å²) >= 11 is 0. The first-order chi connectivity index (χ1) is 14.8. The number of nitrogens with one attached hydrogen (secondary N) is 1. The Morgan fingerprint density at radius 1 is 1.16 bits per heavy atom. The normalized spacial score (nSPS) is 11.7. The number of methoxy groups -OCH3 is 1. The number of fused-ring (bicyclic) bond motifs is 1. The zero-order chi connectivity index (χ0) is 22.6. The minimum atomic E-state index is -4.07. The van der Waals surface area contributed by atoms with Crippen LogP contribution in [-0.4, -0.2) is 48.0 Å². The molecule has 0 saturated heterocycles. The minimum absolute atomic E-state index is 0.0318. The zero-order valence-electron chi connectivity index (χ0n) is 16.6. The molecule has 0 saturated carbocycles. The van der Waals surface area contributed by atoms with Crippen molar-refractivity contribution < 1.29 is 23.2 Å². The Bertz CT molecular complexity index is 1250. The summed E-state index contributed by atoms with van der Waals surface area (Å²) in [5.41, 5.74) is 0.0882. The van der Waals surface area contributed by atoms with Crippen LogP contribution in [-0.2, 0) is 16.6 Å². The number of pyridine rings is 1. The van der Waals surface area contributed by atoms with Crippen LogP contribution in [0.5, 0.6) is 5.75 Å². The highest BCUT2D eigenvalue weighted by Crippen LogP contribution is 2.23. The van der Waals surface area contributed by atoms with Crippen molar-refractivity contribution in [2.24, 2.45) is 0 Å². The van der Waals surface area contributed by atoms with Crippen LogP contribution in [0, 0.1) is 10.1 Å². The number of nitrogens with zero attached hydrogens (tertiary/aromatic N) is 2. The quantitative estimate of drug-likeness (QED) is 0.377. The monoisotopic (exact) mass is 447 g/mol. The van der Waals surface area contributed by atoms with Gasteiger partial charge < -0.3 is 14.8 Å². The summed E-state index contributed by atoms with van der Waals surface area (Å²) in [6.45, 7) is -0.493. The standard InChI is InChI=1S/C20H21N3O7S/c1-30-17-6-3-14-11-15(20(25)21-19(14)12-17)13-22(9-2-10-24)31(28,29)18-7-4-16(5-8-18)23(26)27/h3-8,11-12,24H,2,9-10,13H2,1H3,(H,21,25). The van der Waals surface area contributed by atoms with Gasteiger partial charge in [-0.2, -0.15) is 4.31 Å². The SMILES string of the molecule is COc1ccc2cc(CN(CCCO)S(=O)(=O)c3ccc([N+](=O)[O-])cc3)c(=O)[nH]c2c1. The van der Waals surface area contributed by atoms with Gasteiger partial charge in [-0.1, -0.05) is 0 Å². The van der Waals surface area contributed by atoms with Crippen LogP contribution in [0.1, 0.15) is 12.0 Å². The molecule has 0 spiro atoms. The number of rotatable bonds is 9. The third-order valence-electron chi connectivity index (χ3n) is 4.73. The van der Waals surface area contributed by atoms with E-state index in [0.717, 1.165) is 28.6 Å². The van der Waals surface area contributed by atoms with E-state index < -0.39 is 20.5 Å². The molecule has 0 amide bonds. The van der Waals surface area contributed by atoms with Crippen molar-refractivity contribution in [3.63, 3.8) is 0 Å². The zero-order valence-corrected chi connectivity index (χ0v) is 17.5. The van der Waals surface area contributed by atoms with Crippen molar-refractivity contribution >= 4 is 26.6 Å². The first-order valence-corrected chi connectivity index (χ1v) is 10.8. The molecular formula is C20H21N3O7S. The van der Waals surface area contributed by atoms with Crippen LogP contribution >= 0.6 is 0 Å². The van der Waals surface area contributed by atoms with E-state index in [9.17, 15) is 28.4 Å². The van der Waals surface area contributed by atoms with Crippen molar-refractivity contribution in [3.05, 3.63) is 74.6 Å². The molecule has 0 aliphatic carbocycles. The van der Waals surface area contributed by atoms with E-state index >= 15 is 0 Å². The van der Waals surface area contributed by atoms with E-state index in [0.29, 0.717) is 16.7 Å². The van der Waals surface area contributed by atoms with Gasteiger partial charge in [0.25, 0.3) is 11.2 Å². The number of H-pyrrole nitrogens is 1. The lowest BCUT2D eigenvalue weighted by molar-refractivity contribution is -0.384. The molecule has 0 radical (unpaired) electrons. The van der Waals surface area contributed by atoms with Crippen molar-refractivity contribution in [3.8, 4) is 5.75 Å². The van der Waals surface area contributed by atoms with Crippen molar-refractivity contribution in [1.82, 2.24) is 9.29 Å². The molecule has 1 heterocycles. The molecule has 3 aromatic rings. The highest BCUT2D eigenvalue weighted by Gasteiger charge is 2.26. The summed E-state index contributed by atoms with van der Waals surface area (Å²) in [5, 5.41) is 20.7. The van der Waals surface area contributed by atoms with E-state index in [4.69, 9.17) is 4.74 Å². The van der Waals surface area contributed by atoms with E-state index in [2.05, 4.69) is 4.98 Å². The number of aromatic nitrogens is 1. The van der Waals surface area contributed by atoms with Gasteiger partial charge in [0.05, 0.1) is 22.4 Å². The van der Waals surface area contributed by atoms with Gasteiger partial charge in [0, 0.05) is 43.5 Å². The molecule has 0 unspecified atom stereocenters. The number of nitro groups is 1. The molecular weight excluding hydrogens is 426 g/mol. The van der Waals surface area contributed by atoms with Crippen LogP contribution in [0.15, 0.2) is 58.2 Å². The molecule has 2 N–H and O–H groups in total. The first kappa shape index (κ1) is 22.4. The molecule has 0 atom stereocenters. The Hall–Kier alpha value is -3.28. The summed E-state index contributed by atoms with van der Waals surface area (Å²) < 4.78 is 32.5. The molecule has 0 aliphatic rings. The Balaban J connectivity index is 1.98. The minimum Gasteiger partial charge on any atom is -0.497 e. The van der Waals surface area contributed by atoms with Gasteiger partial charge in [-0.05, 0) is 42.1 Å². The number of aromatic amines is 1. The van der Waals surface area contributed by atoms with Crippen molar-refractivity contribution in [1.29, 1.82) is 0 Å². The summed E-state index contributed by atoms with van der Waals surface area (Å²) in [6.07, 6.45) is 0.162. The van der Waals surface area contributed by atoms with E-state index in [1.807, 2.05) is 0 Å². The maximum absolute atomic E-state index is 13.1. The number of non-ortho nitro benzene ring substituents is 1. The predicted molar refractivity (Wildman–Crippen MR) is 114 cm³/mol. The molecule has 0 bridgehead atoms. The Morgan fingerprint density at radius 2 is 1.87 bits per heavy atom. The van der Waals surface area contributed by atoms with Crippen LogP contribution < -0.4 is 10.3 Å². The second-order valence-electron chi connectivity index (χ2n) is 6.74. The summed E-state index contributed by atoms with van der Waals surface area (Å²) in [6, 6.07) is 11.2. The third-order valence-corrected chi connectivity index (χ3v) is 6.59. The molecule has 3 rings (SSSR count). The molecule has 164 valence electrons. The van der Waals surface area contributed by atoms with Crippen LogP contribution in [0.3, 0.4) is 0 Å². The van der Waals surface area contributed by atoms with E-state index in [1.54, 1.807) is 24.3 Å². The van der Waals surface area contributed by atoms with E-state index in [-0.39, 0.29) is 42.3 Å². The summed E-state index contributed by atoms with van der Waals surface area (Å²) in [7, 11) is -2.56. The maximum Gasteiger partial charge on any atom is 0.269 e. The maximum atomic E-state index is 13.1. The summed E-state index contributed by atoms with van der Waals surface area (Å²) in [5.74, 6) is 0.571. The predicted octanol–water partition coefficient (Wildman–Crippen LogP) is 2.02. The lowest BCUT2D eigenvalue weighted by Gasteiger charge is -2.22. The average Bonchev–Trinajstić information content (AvgIpc) is 2.76. The number of benzene rings is 2. The summed E-state index contributed by atoms with van der Waals surface area (Å²) in [4.78, 5) is 25.4. The molecule has 0 fully saturated rings. The number of nitro benzene ring substituents is 1. The van der Waals surface area contributed by atoms with Crippen LogP contribution in [0.25, 0.3) is 10.9 Å². The molecule has 0 aliphatic heterocycles. The largest absolute Gasteiger partial charge is 0.497 e. The fraction of sp³-hybridized carbons (Fsp3) is 0.250. The van der Waals surface area contributed by atoms with Gasteiger partial charge in [-0.15, -0.1) is 0 Å². The number of hydrogen-bond donors (Lipinski definition) is 2. The lowest BCUT2D eigenvalue weighted by Crippen LogP contribution is -2.34. The molecule has 31 heavy (non-hydrogen) atoms. The average molecular weight is 447 g/mol. The van der Waals surface area contributed by atoms with Crippen molar-refractivity contribution in [2.75, 3.05) is 20.3 Å². The fourth-order valence-corrected chi connectivity index (χ4v) is 4.54. The second-order valence-corrected chi connectivity index (χ2v) is 8.68. The van der Waals surface area contributed by atoms with Gasteiger partial charge in [0.2, 0.25) is 10.0 Å². The first-order valence-electron chi connectivity index (χ1n) is 9.31. The lowest BCUT2D eigenvalue weighted by atomic mass is 10.1. The van der Waals surface area contributed by atoms with Crippen molar-refractivity contribution in [2.45, 2.75) is 17.9 Å². The number of hydrogen-bond acceptors (Lipinski definition) is 7. The fourth-order valence-electron chi connectivity index (χ4n) is 3.08. The topological polar surface area (TPSA) is 143 Å². The second kappa shape index (κ2) is 9.25. The Morgan fingerprint density at radius 3 is 2.48 bits per heavy atom. The Kier molecular flexibility index (Phi) is 6.68. The van der Waals surface area contributed by atoms with Gasteiger partial charge >= 0.3 is 0 Å². The highest BCUT2D eigenvalue weighted by molar-refractivity contribution is 7.89. The number of ether oxygens (including phenoxy) is 1. The number of sulfonamides is 1. The van der Waals surface area contributed by atoms with Crippen LogP contribution in [0.4, 0.5) is 5.69 Å².